The van der Waals surface area contributed by atoms with Crippen LogP contribution >= 0.6 is 15.9 Å². The lowest BCUT2D eigenvalue weighted by atomic mass is 10.0. The molecule has 2 aromatic rings. The van der Waals surface area contributed by atoms with Crippen LogP contribution in [-0.4, -0.2) is 40.7 Å². The highest BCUT2D eigenvalue weighted by Gasteiger charge is 2.22. The van der Waals surface area contributed by atoms with Gasteiger partial charge >= 0.3 is 0 Å². The van der Waals surface area contributed by atoms with E-state index in [0.29, 0.717) is 26.7 Å². The minimum absolute atomic E-state index is 0.00976. The largest absolute Gasteiger partial charge is 0.508 e. The van der Waals surface area contributed by atoms with Gasteiger partial charge in [0.1, 0.15) is 11.6 Å². The Labute approximate surface area is 177 Å². The number of carbonyl (C=O) groups is 2. The van der Waals surface area contributed by atoms with Gasteiger partial charge in [0.15, 0.2) is 0 Å². The molecule has 3 rings (SSSR count). The van der Waals surface area contributed by atoms with Gasteiger partial charge in [-0.1, -0.05) is 0 Å². The van der Waals surface area contributed by atoms with Crippen LogP contribution in [0.2, 0.25) is 0 Å². The number of likely N-dealkylation sites (tertiary alicyclic amines) is 1. The zero-order valence-corrected chi connectivity index (χ0v) is 17.6. The maximum atomic E-state index is 12.7. The number of halogens is 1. The number of hydrogen-bond donors (Lipinski definition) is 4. The number of amidine groups is 1. The van der Waals surface area contributed by atoms with Crippen molar-refractivity contribution in [1.82, 2.24) is 10.2 Å². The smallest absolute Gasteiger partial charge is 0.254 e. The van der Waals surface area contributed by atoms with Gasteiger partial charge in [-0.15, -0.1) is 0 Å². The molecule has 0 spiro atoms. The van der Waals surface area contributed by atoms with E-state index in [1.807, 2.05) is 4.90 Å². The van der Waals surface area contributed by atoms with Crippen molar-refractivity contribution in [3.63, 3.8) is 0 Å². The summed E-state index contributed by atoms with van der Waals surface area (Å²) in [6, 6.07) is 8.95. The molecular formula is C21H23BrN4O3. The van der Waals surface area contributed by atoms with Gasteiger partial charge < -0.3 is 21.1 Å². The monoisotopic (exact) mass is 458 g/mol. The van der Waals surface area contributed by atoms with Gasteiger partial charge in [-0.2, -0.15) is 0 Å². The van der Waals surface area contributed by atoms with Crippen molar-refractivity contribution in [3.05, 3.63) is 63.1 Å². The highest BCUT2D eigenvalue weighted by atomic mass is 79.9. The summed E-state index contributed by atoms with van der Waals surface area (Å²) in [5.74, 6) is -0.492. The van der Waals surface area contributed by atoms with Crippen LogP contribution in [0, 0.1) is 5.41 Å². The average Bonchev–Trinajstić information content (AvgIpc) is 3.22. The number of rotatable bonds is 5. The molecule has 5 N–H and O–H groups in total. The first-order valence-electron chi connectivity index (χ1n) is 9.35. The standard InChI is InChI=1S/C21H23BrN4O3/c1-12(16-10-13(19(23)24)5-7-18(16)27)25-20(28)14-4-6-15(17(22)11-14)21(29)26-8-2-3-9-26/h4-7,10-12,27H,2-3,8-9H2,1H3,(H3,23,24)(H,25,28). The number of carbonyl (C=O) groups excluding carboxylic acids is 2. The normalized spacial score (nSPS) is 14.5. The van der Waals surface area contributed by atoms with Gasteiger partial charge in [0.25, 0.3) is 11.8 Å². The Morgan fingerprint density at radius 2 is 1.83 bits per heavy atom. The number of phenols is 1. The predicted molar refractivity (Wildman–Crippen MR) is 114 cm³/mol. The summed E-state index contributed by atoms with van der Waals surface area (Å²) in [7, 11) is 0. The summed E-state index contributed by atoms with van der Waals surface area (Å²) < 4.78 is 0.566. The Bertz CT molecular complexity index is 970. The van der Waals surface area contributed by atoms with E-state index in [9.17, 15) is 14.7 Å². The molecule has 7 nitrogen and oxygen atoms in total. The van der Waals surface area contributed by atoms with Gasteiger partial charge in [-0.3, -0.25) is 15.0 Å². The molecular weight excluding hydrogens is 436 g/mol. The second-order valence-corrected chi connectivity index (χ2v) is 7.93. The number of hydrogen-bond acceptors (Lipinski definition) is 4. The van der Waals surface area contributed by atoms with Crippen LogP contribution in [0.1, 0.15) is 57.7 Å². The minimum Gasteiger partial charge on any atom is -0.508 e. The highest BCUT2D eigenvalue weighted by Crippen LogP contribution is 2.26. The van der Waals surface area contributed by atoms with Gasteiger partial charge in [0.05, 0.1) is 11.6 Å². The first-order valence-corrected chi connectivity index (χ1v) is 10.1. The summed E-state index contributed by atoms with van der Waals surface area (Å²) in [6.07, 6.45) is 2.03. The number of aromatic hydroxyl groups is 1. The van der Waals surface area contributed by atoms with E-state index in [0.717, 1.165) is 25.9 Å². The third-order valence-electron chi connectivity index (χ3n) is 5.01. The molecule has 1 atom stereocenters. The molecule has 8 heteroatoms. The van der Waals surface area contributed by atoms with Crippen LogP contribution in [0.25, 0.3) is 0 Å². The van der Waals surface area contributed by atoms with Gasteiger partial charge in [-0.25, -0.2) is 0 Å². The van der Waals surface area contributed by atoms with E-state index >= 15 is 0 Å². The Balaban J connectivity index is 1.75. The maximum Gasteiger partial charge on any atom is 0.254 e. The zero-order valence-electron chi connectivity index (χ0n) is 16.0. The SMILES string of the molecule is CC(NC(=O)c1ccc(C(=O)N2CCCC2)c(Br)c1)c1cc(C(=N)N)ccc1O. The van der Waals surface area contributed by atoms with E-state index in [1.54, 1.807) is 37.3 Å². The lowest BCUT2D eigenvalue weighted by Gasteiger charge is -2.18. The average molecular weight is 459 g/mol. The predicted octanol–water partition coefficient (Wildman–Crippen LogP) is 3.17. The van der Waals surface area contributed by atoms with Crippen LogP contribution < -0.4 is 11.1 Å². The van der Waals surface area contributed by atoms with E-state index in [1.165, 1.54) is 6.07 Å². The van der Waals surface area contributed by atoms with Crippen molar-refractivity contribution in [2.45, 2.75) is 25.8 Å². The third-order valence-corrected chi connectivity index (χ3v) is 5.66. The molecule has 1 heterocycles. The number of nitrogens with zero attached hydrogens (tertiary/aromatic N) is 1. The molecule has 1 saturated heterocycles. The van der Waals surface area contributed by atoms with Crippen molar-refractivity contribution < 1.29 is 14.7 Å². The van der Waals surface area contributed by atoms with Crippen molar-refractivity contribution in [3.8, 4) is 5.75 Å². The summed E-state index contributed by atoms with van der Waals surface area (Å²) in [5, 5.41) is 20.5. The number of benzene rings is 2. The summed E-state index contributed by atoms with van der Waals surface area (Å²) in [5.41, 5.74) is 7.36. The minimum atomic E-state index is -0.508. The molecule has 1 aliphatic rings. The van der Waals surface area contributed by atoms with E-state index in [2.05, 4.69) is 21.2 Å². The molecule has 1 aliphatic heterocycles. The van der Waals surface area contributed by atoms with E-state index < -0.39 is 6.04 Å². The highest BCUT2D eigenvalue weighted by molar-refractivity contribution is 9.10. The van der Waals surface area contributed by atoms with Gasteiger partial charge in [0.2, 0.25) is 0 Å². The second kappa shape index (κ2) is 8.65. The van der Waals surface area contributed by atoms with E-state index in [4.69, 9.17) is 11.1 Å². The number of amides is 2. The van der Waals surface area contributed by atoms with Crippen molar-refractivity contribution in [2.24, 2.45) is 5.73 Å². The quantitative estimate of drug-likeness (QED) is 0.406. The van der Waals surface area contributed by atoms with Crippen LogP contribution in [0.4, 0.5) is 0 Å². The molecule has 0 saturated carbocycles. The Morgan fingerprint density at radius 1 is 1.17 bits per heavy atom. The number of nitrogens with one attached hydrogen (secondary N) is 2. The molecule has 1 fully saturated rings. The topological polar surface area (TPSA) is 120 Å². The Hall–Kier alpha value is -2.87. The fraction of sp³-hybridized carbons (Fsp3) is 0.286. The second-order valence-electron chi connectivity index (χ2n) is 7.08. The van der Waals surface area contributed by atoms with Crippen molar-refractivity contribution in [2.75, 3.05) is 13.1 Å². The fourth-order valence-electron chi connectivity index (χ4n) is 3.35. The summed E-state index contributed by atoms with van der Waals surface area (Å²) in [6.45, 7) is 3.25. The Morgan fingerprint density at radius 3 is 2.45 bits per heavy atom. The molecule has 0 aliphatic carbocycles. The fourth-order valence-corrected chi connectivity index (χ4v) is 3.90. The van der Waals surface area contributed by atoms with Crippen LogP contribution in [-0.2, 0) is 0 Å². The lowest BCUT2D eigenvalue weighted by Crippen LogP contribution is -2.29. The molecule has 0 radical (unpaired) electrons. The maximum absolute atomic E-state index is 12.7. The van der Waals surface area contributed by atoms with Gasteiger partial charge in [-0.05, 0) is 72.1 Å². The summed E-state index contributed by atoms with van der Waals surface area (Å²) >= 11 is 3.41. The first-order chi connectivity index (χ1) is 13.8. The van der Waals surface area contributed by atoms with Crippen LogP contribution in [0.5, 0.6) is 5.75 Å². The molecule has 0 aromatic heterocycles. The van der Waals surface area contributed by atoms with Crippen LogP contribution in [0.3, 0.4) is 0 Å². The summed E-state index contributed by atoms with van der Waals surface area (Å²) in [4.78, 5) is 27.1. The number of nitrogens with two attached hydrogens (primary N) is 1. The zero-order chi connectivity index (χ0) is 21.1. The first kappa shape index (κ1) is 20.9. The van der Waals surface area contributed by atoms with Crippen molar-refractivity contribution in [1.29, 1.82) is 5.41 Å². The molecule has 29 heavy (non-hydrogen) atoms. The third kappa shape index (κ3) is 4.59. The molecule has 2 aromatic carbocycles. The Kier molecular flexibility index (Phi) is 6.22. The molecule has 1 unspecified atom stereocenters. The van der Waals surface area contributed by atoms with Crippen LogP contribution in [0.15, 0.2) is 40.9 Å². The van der Waals surface area contributed by atoms with Gasteiger partial charge in [0, 0.05) is 34.3 Å². The lowest BCUT2D eigenvalue weighted by molar-refractivity contribution is 0.0791. The van der Waals surface area contributed by atoms with E-state index in [-0.39, 0.29) is 23.4 Å². The molecule has 0 bridgehead atoms. The molecule has 152 valence electrons. The number of phenolic OH excluding ortho intramolecular Hbond substituents is 1. The number of nitrogen functional groups attached to an aromatic ring is 1. The van der Waals surface area contributed by atoms with Crippen molar-refractivity contribution >= 4 is 33.6 Å². The molecule has 2 amide bonds.